The van der Waals surface area contributed by atoms with E-state index < -0.39 is 6.04 Å². The molecule has 3 aromatic rings. The lowest BCUT2D eigenvalue weighted by atomic mass is 10.1. The van der Waals surface area contributed by atoms with Crippen LogP contribution in [0.2, 0.25) is 0 Å². The molecule has 6 rings (SSSR count). The average molecular weight is 581 g/mol. The van der Waals surface area contributed by atoms with Crippen LogP contribution in [0, 0.1) is 6.92 Å². The summed E-state index contributed by atoms with van der Waals surface area (Å²) in [4.78, 5) is 54.4. The Labute approximate surface area is 249 Å². The van der Waals surface area contributed by atoms with Crippen LogP contribution in [0.1, 0.15) is 24.0 Å². The lowest BCUT2D eigenvalue weighted by Gasteiger charge is -2.36. The Balaban J connectivity index is 1.12. The van der Waals surface area contributed by atoms with E-state index in [2.05, 4.69) is 27.3 Å². The zero-order chi connectivity index (χ0) is 29.1. The third-order valence-corrected chi connectivity index (χ3v) is 8.70. The summed E-state index contributed by atoms with van der Waals surface area (Å²) in [6, 6.07) is 24.7. The molecule has 0 spiro atoms. The van der Waals surface area contributed by atoms with Gasteiger partial charge in [0.25, 0.3) is 5.91 Å². The van der Waals surface area contributed by atoms with Crippen molar-refractivity contribution < 1.29 is 14.4 Å². The first-order valence-electron chi connectivity index (χ1n) is 14.1. The second-order valence-electron chi connectivity index (χ2n) is 10.5. The molecule has 42 heavy (non-hydrogen) atoms. The highest BCUT2D eigenvalue weighted by molar-refractivity contribution is 8.14. The predicted molar refractivity (Wildman–Crippen MR) is 167 cm³/mol. The van der Waals surface area contributed by atoms with Crippen molar-refractivity contribution in [1.29, 1.82) is 0 Å². The van der Waals surface area contributed by atoms with Gasteiger partial charge in [0.15, 0.2) is 5.17 Å². The van der Waals surface area contributed by atoms with Gasteiger partial charge in [-0.05, 0) is 49.2 Å². The number of aliphatic imine (C=N–C) groups is 2. The third-order valence-electron chi connectivity index (χ3n) is 7.75. The van der Waals surface area contributed by atoms with Gasteiger partial charge in [-0.15, -0.1) is 0 Å². The van der Waals surface area contributed by atoms with Crippen LogP contribution in [0.4, 0.5) is 17.1 Å². The minimum Gasteiger partial charge on any atom is -0.368 e. The van der Waals surface area contributed by atoms with Crippen molar-refractivity contribution in [2.24, 2.45) is 9.98 Å². The van der Waals surface area contributed by atoms with Crippen molar-refractivity contribution in [2.45, 2.75) is 25.8 Å². The highest BCUT2D eigenvalue weighted by atomic mass is 32.2. The van der Waals surface area contributed by atoms with Gasteiger partial charge in [-0.3, -0.25) is 19.3 Å². The fourth-order valence-electron chi connectivity index (χ4n) is 5.48. The lowest BCUT2D eigenvalue weighted by Crippen LogP contribution is -2.49. The zero-order valence-corrected chi connectivity index (χ0v) is 24.2. The SMILES string of the molecule is Cc1ccccc1NC(=O)CSC1=Nc2ccccc2C2=NC(=O)C(CCC(=O)N3CCN(c4ccccc4)CC3)N12. The molecule has 1 fully saturated rings. The van der Waals surface area contributed by atoms with E-state index in [0.717, 1.165) is 35.6 Å². The number of thioether (sulfide) groups is 1. The third kappa shape index (κ3) is 5.80. The van der Waals surface area contributed by atoms with Crippen LogP contribution in [0.15, 0.2) is 88.8 Å². The van der Waals surface area contributed by atoms with E-state index in [-0.39, 0.29) is 29.9 Å². The normalized spacial score (nSPS) is 17.8. The number of hydrogen-bond donors (Lipinski definition) is 1. The van der Waals surface area contributed by atoms with E-state index in [9.17, 15) is 14.4 Å². The number of anilines is 2. The monoisotopic (exact) mass is 580 g/mol. The van der Waals surface area contributed by atoms with Crippen molar-refractivity contribution in [3.63, 3.8) is 0 Å². The summed E-state index contributed by atoms with van der Waals surface area (Å²) < 4.78 is 0. The summed E-state index contributed by atoms with van der Waals surface area (Å²) in [6.07, 6.45) is 0.551. The Kier molecular flexibility index (Phi) is 8.05. The lowest BCUT2D eigenvalue weighted by molar-refractivity contribution is -0.132. The molecular formula is C32H32N6O3S. The molecule has 0 bridgehead atoms. The summed E-state index contributed by atoms with van der Waals surface area (Å²) in [5, 5.41) is 3.49. The van der Waals surface area contributed by atoms with Crippen LogP contribution in [0.5, 0.6) is 0 Å². The number of hydrogen-bond acceptors (Lipinski definition) is 7. The maximum Gasteiger partial charge on any atom is 0.270 e. The van der Waals surface area contributed by atoms with Gasteiger partial charge in [0, 0.05) is 49.5 Å². The molecule has 0 aromatic heterocycles. The molecule has 1 unspecified atom stereocenters. The number of para-hydroxylation sites is 3. The Morgan fingerprint density at radius 1 is 0.905 bits per heavy atom. The molecule has 3 heterocycles. The van der Waals surface area contributed by atoms with Crippen molar-refractivity contribution >= 4 is 57.5 Å². The van der Waals surface area contributed by atoms with Crippen LogP contribution in [-0.2, 0) is 14.4 Å². The molecule has 9 nitrogen and oxygen atoms in total. The summed E-state index contributed by atoms with van der Waals surface area (Å²) in [5.41, 5.74) is 4.37. The van der Waals surface area contributed by atoms with Gasteiger partial charge in [-0.25, -0.2) is 4.99 Å². The minimum absolute atomic E-state index is 0.0325. The summed E-state index contributed by atoms with van der Waals surface area (Å²) in [7, 11) is 0. The van der Waals surface area contributed by atoms with Crippen molar-refractivity contribution in [3.8, 4) is 0 Å². The molecule has 3 aliphatic heterocycles. The topological polar surface area (TPSA) is 97.7 Å². The number of rotatable bonds is 7. The van der Waals surface area contributed by atoms with Crippen LogP contribution in [0.3, 0.4) is 0 Å². The molecule has 0 radical (unpaired) electrons. The number of amides is 3. The Hall–Kier alpha value is -4.44. The molecule has 3 aliphatic rings. The standard InChI is InChI=1S/C32H32N6O3S/c1-22-9-5-7-13-25(22)33-28(39)21-42-32-34-26-14-8-6-12-24(26)30-35-31(41)27(38(30)32)15-16-29(40)37-19-17-36(18-20-37)23-10-3-2-4-11-23/h2-14,27H,15-21H2,1H3,(H,33,39). The van der Waals surface area contributed by atoms with Gasteiger partial charge in [-0.2, -0.15) is 4.99 Å². The van der Waals surface area contributed by atoms with Gasteiger partial charge in [0.2, 0.25) is 11.8 Å². The maximum absolute atomic E-state index is 13.2. The summed E-state index contributed by atoms with van der Waals surface area (Å²) in [5.74, 6) is 0.221. The highest BCUT2D eigenvalue weighted by Gasteiger charge is 2.42. The molecule has 0 aliphatic carbocycles. The quantitative estimate of drug-likeness (QED) is 0.444. The molecule has 10 heteroatoms. The van der Waals surface area contributed by atoms with E-state index >= 15 is 0 Å². The summed E-state index contributed by atoms with van der Waals surface area (Å²) >= 11 is 1.27. The predicted octanol–water partition coefficient (Wildman–Crippen LogP) is 4.45. The largest absolute Gasteiger partial charge is 0.368 e. The van der Waals surface area contributed by atoms with E-state index in [1.165, 1.54) is 11.8 Å². The molecular weight excluding hydrogens is 548 g/mol. The Morgan fingerprint density at radius 2 is 1.62 bits per heavy atom. The van der Waals surface area contributed by atoms with E-state index in [4.69, 9.17) is 4.99 Å². The molecule has 1 saturated heterocycles. The number of carbonyl (C=O) groups is 3. The van der Waals surface area contributed by atoms with Crippen LogP contribution in [-0.4, -0.2) is 76.5 Å². The molecule has 214 valence electrons. The second kappa shape index (κ2) is 12.2. The first kappa shape index (κ1) is 27.7. The Morgan fingerprint density at radius 3 is 2.40 bits per heavy atom. The highest BCUT2D eigenvalue weighted by Crippen LogP contribution is 2.35. The number of aryl methyl sites for hydroxylation is 1. The van der Waals surface area contributed by atoms with Crippen molar-refractivity contribution in [2.75, 3.05) is 42.1 Å². The van der Waals surface area contributed by atoms with Crippen LogP contribution in [0.25, 0.3) is 0 Å². The van der Waals surface area contributed by atoms with Gasteiger partial charge < -0.3 is 15.1 Å². The number of amidine groups is 2. The smallest absolute Gasteiger partial charge is 0.270 e. The fraction of sp³-hybridized carbons (Fsp3) is 0.281. The van der Waals surface area contributed by atoms with Gasteiger partial charge in [0.1, 0.15) is 11.9 Å². The molecule has 1 atom stereocenters. The second-order valence-corrected chi connectivity index (χ2v) is 11.4. The van der Waals surface area contributed by atoms with Crippen molar-refractivity contribution in [1.82, 2.24) is 9.80 Å². The Bertz CT molecular complexity index is 1570. The first-order valence-corrected chi connectivity index (χ1v) is 15.1. The van der Waals surface area contributed by atoms with Crippen molar-refractivity contribution in [3.05, 3.63) is 90.0 Å². The molecule has 0 saturated carbocycles. The minimum atomic E-state index is -0.645. The van der Waals surface area contributed by atoms with Gasteiger partial charge in [-0.1, -0.05) is 60.3 Å². The number of fused-ring (bicyclic) bond motifs is 3. The number of carbonyl (C=O) groups excluding carboxylic acids is 3. The fourth-order valence-corrected chi connectivity index (χ4v) is 6.32. The summed E-state index contributed by atoms with van der Waals surface area (Å²) in [6.45, 7) is 4.77. The number of nitrogens with one attached hydrogen (secondary N) is 1. The molecule has 3 amide bonds. The first-order chi connectivity index (χ1) is 20.5. The number of nitrogens with zero attached hydrogens (tertiary/aromatic N) is 5. The average Bonchev–Trinajstić information content (AvgIpc) is 3.36. The molecule has 1 N–H and O–H groups in total. The number of piperazine rings is 1. The van der Waals surface area contributed by atoms with Crippen LogP contribution < -0.4 is 10.2 Å². The zero-order valence-electron chi connectivity index (χ0n) is 23.4. The number of benzene rings is 3. The van der Waals surface area contributed by atoms with E-state index in [1.54, 1.807) is 0 Å². The van der Waals surface area contributed by atoms with Crippen LogP contribution >= 0.6 is 11.8 Å². The van der Waals surface area contributed by atoms with Gasteiger partial charge in [0.05, 0.1) is 11.4 Å². The van der Waals surface area contributed by atoms with E-state index in [0.29, 0.717) is 36.2 Å². The molecule has 3 aromatic carbocycles. The van der Waals surface area contributed by atoms with Gasteiger partial charge >= 0.3 is 0 Å². The van der Waals surface area contributed by atoms with E-state index in [1.807, 2.05) is 83.5 Å². The maximum atomic E-state index is 13.2.